The van der Waals surface area contributed by atoms with E-state index in [4.69, 9.17) is 0 Å². The molecule has 10 heteroatoms. The van der Waals surface area contributed by atoms with Crippen LogP contribution in [0.4, 0.5) is 11.4 Å². The third-order valence-corrected chi connectivity index (χ3v) is 6.88. The summed E-state index contributed by atoms with van der Waals surface area (Å²) in [6.45, 7) is 1.52. The second-order valence-corrected chi connectivity index (χ2v) is 8.78. The van der Waals surface area contributed by atoms with Crippen LogP contribution in [-0.4, -0.2) is 41.1 Å². The summed E-state index contributed by atoms with van der Waals surface area (Å²) in [6, 6.07) is 15.9. The molecule has 150 valence electrons. The van der Waals surface area contributed by atoms with Crippen LogP contribution in [0.1, 0.15) is 5.56 Å². The van der Waals surface area contributed by atoms with Crippen LogP contribution in [0.5, 0.6) is 0 Å². The Balaban J connectivity index is 1.45. The Labute approximate surface area is 172 Å². The van der Waals surface area contributed by atoms with E-state index in [0.717, 1.165) is 15.3 Å². The third-order valence-electron chi connectivity index (χ3n) is 5.08. The van der Waals surface area contributed by atoms with E-state index in [1.165, 1.54) is 11.0 Å². The molecule has 1 N–H and O–H groups in total. The van der Waals surface area contributed by atoms with Crippen LogP contribution in [-0.2, 0) is 14.8 Å². The predicted molar refractivity (Wildman–Crippen MR) is 111 cm³/mol. The van der Waals surface area contributed by atoms with Crippen molar-refractivity contribution in [1.82, 2.24) is 20.2 Å². The lowest BCUT2D eigenvalue weighted by Gasteiger charge is -2.19. The van der Waals surface area contributed by atoms with Gasteiger partial charge in [0, 0.05) is 11.1 Å². The number of tetrazole rings is 1. The van der Waals surface area contributed by atoms with E-state index in [1.807, 2.05) is 31.2 Å². The maximum atomic E-state index is 13.0. The molecule has 0 aliphatic carbocycles. The first kappa shape index (κ1) is 18.3. The van der Waals surface area contributed by atoms with E-state index >= 15 is 0 Å². The van der Waals surface area contributed by atoms with Crippen molar-refractivity contribution in [3.05, 3.63) is 66.5 Å². The van der Waals surface area contributed by atoms with Crippen LogP contribution in [0.2, 0.25) is 0 Å². The lowest BCUT2D eigenvalue weighted by molar-refractivity contribution is -0.114. The molecule has 0 saturated carbocycles. The lowest BCUT2D eigenvalue weighted by atomic mass is 10.1. The molecule has 1 aliphatic rings. The van der Waals surface area contributed by atoms with E-state index in [-0.39, 0.29) is 11.4 Å². The number of aromatic nitrogens is 4. The SMILES string of the molecule is Cc1ccc(-n2cnnn2)cc1NC(=O)CN1c2cccc3cccc(c23)S1(=O)=O. The van der Waals surface area contributed by atoms with Gasteiger partial charge in [0.1, 0.15) is 12.9 Å². The van der Waals surface area contributed by atoms with Gasteiger partial charge >= 0.3 is 0 Å². The monoisotopic (exact) mass is 420 g/mol. The second-order valence-electron chi connectivity index (χ2n) is 6.94. The van der Waals surface area contributed by atoms with Crippen molar-refractivity contribution in [2.75, 3.05) is 16.2 Å². The van der Waals surface area contributed by atoms with E-state index in [0.29, 0.717) is 22.4 Å². The summed E-state index contributed by atoms with van der Waals surface area (Å²) in [5.74, 6) is -0.444. The lowest BCUT2D eigenvalue weighted by Crippen LogP contribution is -2.35. The quantitative estimate of drug-likeness (QED) is 0.542. The first-order chi connectivity index (χ1) is 14.4. The van der Waals surface area contributed by atoms with Gasteiger partial charge in [0.05, 0.1) is 16.3 Å². The molecule has 2 heterocycles. The summed E-state index contributed by atoms with van der Waals surface area (Å²) < 4.78 is 28.7. The maximum absolute atomic E-state index is 13.0. The minimum Gasteiger partial charge on any atom is -0.324 e. The number of benzene rings is 3. The van der Waals surface area contributed by atoms with Crippen LogP contribution in [0.3, 0.4) is 0 Å². The minimum absolute atomic E-state index is 0.222. The molecule has 0 spiro atoms. The van der Waals surface area contributed by atoms with Gasteiger partial charge in [-0.1, -0.05) is 30.3 Å². The highest BCUT2D eigenvalue weighted by Gasteiger charge is 2.36. The van der Waals surface area contributed by atoms with E-state index in [2.05, 4.69) is 20.8 Å². The molecule has 1 aromatic heterocycles. The van der Waals surface area contributed by atoms with E-state index in [9.17, 15) is 13.2 Å². The number of carbonyl (C=O) groups excluding carboxylic acids is 1. The summed E-state index contributed by atoms with van der Waals surface area (Å²) >= 11 is 0. The van der Waals surface area contributed by atoms with Gasteiger partial charge in [0.2, 0.25) is 5.91 Å². The van der Waals surface area contributed by atoms with E-state index in [1.54, 1.807) is 30.3 Å². The largest absolute Gasteiger partial charge is 0.324 e. The van der Waals surface area contributed by atoms with Gasteiger partial charge in [-0.25, -0.2) is 13.1 Å². The normalized spacial score (nSPS) is 14.2. The summed E-state index contributed by atoms with van der Waals surface area (Å²) in [5, 5.41) is 15.3. The van der Waals surface area contributed by atoms with Crippen molar-refractivity contribution in [3.63, 3.8) is 0 Å². The molecule has 0 unspecified atom stereocenters. The topological polar surface area (TPSA) is 110 Å². The number of hydrogen-bond acceptors (Lipinski definition) is 6. The first-order valence-electron chi connectivity index (χ1n) is 9.13. The summed E-state index contributed by atoms with van der Waals surface area (Å²) in [4.78, 5) is 13.0. The molecule has 5 rings (SSSR count). The number of aryl methyl sites for hydroxylation is 1. The van der Waals surface area contributed by atoms with Crippen molar-refractivity contribution in [2.24, 2.45) is 0 Å². The molecule has 1 aliphatic heterocycles. The molecule has 0 saturated heterocycles. The average Bonchev–Trinajstić information content (AvgIpc) is 3.33. The number of nitrogens with zero attached hydrogens (tertiary/aromatic N) is 5. The Morgan fingerprint density at radius 3 is 2.67 bits per heavy atom. The molecule has 0 bridgehead atoms. The number of nitrogens with one attached hydrogen (secondary N) is 1. The van der Waals surface area contributed by atoms with Crippen molar-refractivity contribution in [1.29, 1.82) is 0 Å². The van der Waals surface area contributed by atoms with Gasteiger partial charge in [0.25, 0.3) is 10.0 Å². The Morgan fingerprint density at radius 1 is 1.10 bits per heavy atom. The van der Waals surface area contributed by atoms with Crippen molar-refractivity contribution in [3.8, 4) is 5.69 Å². The van der Waals surface area contributed by atoms with Gasteiger partial charge in [-0.2, -0.15) is 0 Å². The molecule has 0 fully saturated rings. The highest BCUT2D eigenvalue weighted by molar-refractivity contribution is 7.93. The molecule has 0 radical (unpaired) electrons. The average molecular weight is 420 g/mol. The molecule has 30 heavy (non-hydrogen) atoms. The van der Waals surface area contributed by atoms with Crippen molar-refractivity contribution < 1.29 is 13.2 Å². The number of rotatable bonds is 4. The Kier molecular flexibility index (Phi) is 4.03. The van der Waals surface area contributed by atoms with Crippen LogP contribution in [0, 0.1) is 6.92 Å². The smallest absolute Gasteiger partial charge is 0.265 e. The zero-order chi connectivity index (χ0) is 20.9. The first-order valence-corrected chi connectivity index (χ1v) is 10.6. The van der Waals surface area contributed by atoms with Gasteiger partial charge in [-0.05, 0) is 52.6 Å². The van der Waals surface area contributed by atoms with Crippen molar-refractivity contribution >= 4 is 38.1 Å². The highest BCUT2D eigenvalue weighted by Crippen LogP contribution is 2.41. The van der Waals surface area contributed by atoms with Crippen LogP contribution >= 0.6 is 0 Å². The van der Waals surface area contributed by atoms with Gasteiger partial charge in [-0.15, -0.1) is 5.10 Å². The molecular formula is C20H16N6O3S. The fourth-order valence-electron chi connectivity index (χ4n) is 3.62. The summed E-state index contributed by atoms with van der Waals surface area (Å²) in [6.07, 6.45) is 1.45. The Hall–Kier alpha value is -3.79. The maximum Gasteiger partial charge on any atom is 0.265 e. The number of hydrogen-bond donors (Lipinski definition) is 1. The molecule has 9 nitrogen and oxygen atoms in total. The summed E-state index contributed by atoms with van der Waals surface area (Å²) in [5.41, 5.74) is 2.57. The molecule has 3 aromatic carbocycles. The fraction of sp³-hybridized carbons (Fsp3) is 0.100. The zero-order valence-corrected chi connectivity index (χ0v) is 16.7. The fourth-order valence-corrected chi connectivity index (χ4v) is 5.28. The van der Waals surface area contributed by atoms with Crippen LogP contribution in [0.15, 0.2) is 65.8 Å². The van der Waals surface area contributed by atoms with Crippen molar-refractivity contribution in [2.45, 2.75) is 11.8 Å². The number of amides is 1. The number of carbonyl (C=O) groups is 1. The van der Waals surface area contributed by atoms with Crippen LogP contribution in [0.25, 0.3) is 16.5 Å². The molecule has 4 aromatic rings. The number of sulfonamides is 1. The summed E-state index contributed by atoms with van der Waals surface area (Å²) in [7, 11) is -3.80. The minimum atomic E-state index is -3.80. The Bertz CT molecular complexity index is 1390. The Morgan fingerprint density at radius 2 is 1.90 bits per heavy atom. The van der Waals surface area contributed by atoms with Gasteiger partial charge in [-0.3, -0.25) is 9.10 Å². The zero-order valence-electron chi connectivity index (χ0n) is 15.8. The van der Waals surface area contributed by atoms with E-state index < -0.39 is 15.9 Å². The van der Waals surface area contributed by atoms with Crippen LogP contribution < -0.4 is 9.62 Å². The second kappa shape index (κ2) is 6.63. The standard InChI is InChI=1S/C20H16N6O3S/c1-13-8-9-15(25-12-21-23-24-25)10-16(13)22-19(27)11-26-17-6-2-4-14-5-3-7-18(20(14)17)30(26,28)29/h2-10,12H,11H2,1H3,(H,22,27). The predicted octanol–water partition coefficient (Wildman–Crippen LogP) is 2.27. The highest BCUT2D eigenvalue weighted by atomic mass is 32.2. The number of anilines is 2. The molecule has 0 atom stereocenters. The van der Waals surface area contributed by atoms with Gasteiger partial charge < -0.3 is 5.32 Å². The third kappa shape index (κ3) is 2.80. The van der Waals surface area contributed by atoms with Gasteiger partial charge in [0.15, 0.2) is 0 Å². The molecular weight excluding hydrogens is 404 g/mol. The molecule has 1 amide bonds.